The van der Waals surface area contributed by atoms with Crippen LogP contribution in [-0.2, 0) is 4.79 Å². The lowest BCUT2D eigenvalue weighted by Gasteiger charge is -2.09. The van der Waals surface area contributed by atoms with E-state index in [0.717, 1.165) is 5.52 Å². The van der Waals surface area contributed by atoms with Crippen LogP contribution < -0.4 is 9.47 Å². The van der Waals surface area contributed by atoms with Crippen molar-refractivity contribution in [2.45, 2.75) is 0 Å². The van der Waals surface area contributed by atoms with Crippen molar-refractivity contribution in [2.24, 2.45) is 0 Å². The number of allylic oxidation sites excluding steroid dienone is 1. The van der Waals surface area contributed by atoms with Crippen molar-refractivity contribution in [3.63, 3.8) is 0 Å². The number of nitrogens with one attached hydrogen (secondary N) is 1. The fourth-order valence-corrected chi connectivity index (χ4v) is 3.11. The van der Waals surface area contributed by atoms with E-state index in [0.29, 0.717) is 22.7 Å². The van der Waals surface area contributed by atoms with E-state index in [-0.39, 0.29) is 21.4 Å². The lowest BCUT2D eigenvalue weighted by molar-refractivity contribution is -0.139. The van der Waals surface area contributed by atoms with Crippen molar-refractivity contribution in [3.8, 4) is 17.6 Å². The Morgan fingerprint density at radius 3 is 2.64 bits per heavy atom. The van der Waals surface area contributed by atoms with E-state index in [9.17, 15) is 10.1 Å². The van der Waals surface area contributed by atoms with Crippen LogP contribution >= 0.6 is 23.2 Å². The smallest absolute Gasteiger partial charge is 0.341 e. The van der Waals surface area contributed by atoms with Gasteiger partial charge < -0.3 is 19.6 Å². The van der Waals surface area contributed by atoms with Crippen LogP contribution in [0.25, 0.3) is 22.7 Å². The molecule has 9 heteroatoms. The molecule has 0 radical (unpaired) electrons. The molecule has 0 bridgehead atoms. The first-order valence-electron chi connectivity index (χ1n) is 7.91. The highest BCUT2D eigenvalue weighted by atomic mass is 35.5. The van der Waals surface area contributed by atoms with E-state index < -0.39 is 12.6 Å². The Morgan fingerprint density at radius 2 is 2.04 bits per heavy atom. The number of benzene rings is 2. The lowest BCUT2D eigenvalue weighted by atomic mass is 10.1. The molecule has 28 heavy (non-hydrogen) atoms. The maximum atomic E-state index is 10.6. The summed E-state index contributed by atoms with van der Waals surface area (Å²) in [4.78, 5) is 18.1. The number of imidazole rings is 1. The van der Waals surface area contributed by atoms with Crippen LogP contribution in [0.2, 0.25) is 10.0 Å². The molecule has 1 aromatic heterocycles. The summed E-state index contributed by atoms with van der Waals surface area (Å²) in [6, 6.07) is 10.5. The number of aromatic nitrogens is 2. The number of methoxy groups -OCH3 is 1. The Hall–Kier alpha value is -3.21. The number of halogens is 2. The zero-order valence-corrected chi connectivity index (χ0v) is 16.0. The predicted molar refractivity (Wildman–Crippen MR) is 106 cm³/mol. The van der Waals surface area contributed by atoms with Crippen LogP contribution in [0, 0.1) is 11.3 Å². The lowest BCUT2D eigenvalue weighted by Crippen LogP contribution is -2.10. The molecule has 0 aliphatic carbocycles. The molecule has 3 rings (SSSR count). The van der Waals surface area contributed by atoms with Crippen LogP contribution in [-0.4, -0.2) is 34.8 Å². The zero-order chi connectivity index (χ0) is 20.3. The van der Waals surface area contributed by atoms with Gasteiger partial charge in [-0.05, 0) is 35.9 Å². The van der Waals surface area contributed by atoms with Crippen LogP contribution in [0.5, 0.6) is 11.5 Å². The van der Waals surface area contributed by atoms with E-state index in [1.54, 1.807) is 31.4 Å². The monoisotopic (exact) mass is 417 g/mol. The second-order valence-corrected chi connectivity index (χ2v) is 6.45. The normalized spacial score (nSPS) is 11.3. The zero-order valence-electron chi connectivity index (χ0n) is 14.5. The number of ether oxygens (including phenoxy) is 2. The Balaban J connectivity index is 1.96. The Bertz CT molecular complexity index is 1110. The number of fused-ring (bicyclic) bond motifs is 1. The number of nitriles is 1. The summed E-state index contributed by atoms with van der Waals surface area (Å²) < 4.78 is 10.3. The second-order valence-electron chi connectivity index (χ2n) is 5.63. The minimum atomic E-state index is -1.15. The molecule has 0 atom stereocenters. The van der Waals surface area contributed by atoms with E-state index in [2.05, 4.69) is 16.0 Å². The van der Waals surface area contributed by atoms with Gasteiger partial charge in [0.2, 0.25) is 0 Å². The van der Waals surface area contributed by atoms with Crippen molar-refractivity contribution < 1.29 is 19.4 Å². The predicted octanol–water partition coefficient (Wildman–Crippen LogP) is 4.41. The Kier molecular flexibility index (Phi) is 5.73. The van der Waals surface area contributed by atoms with Crippen molar-refractivity contribution >= 4 is 51.9 Å². The van der Waals surface area contributed by atoms with Gasteiger partial charge in [-0.15, -0.1) is 0 Å². The van der Waals surface area contributed by atoms with Crippen LogP contribution in [0.15, 0.2) is 30.3 Å². The molecule has 142 valence electrons. The van der Waals surface area contributed by atoms with Crippen molar-refractivity contribution in [1.29, 1.82) is 5.26 Å². The number of aromatic amines is 1. The largest absolute Gasteiger partial charge is 0.497 e. The quantitative estimate of drug-likeness (QED) is 0.575. The summed E-state index contributed by atoms with van der Waals surface area (Å²) in [5.41, 5.74) is 2.21. The van der Waals surface area contributed by atoms with E-state index in [1.165, 1.54) is 12.1 Å². The summed E-state index contributed by atoms with van der Waals surface area (Å²) in [5, 5.41) is 18.5. The molecule has 0 aliphatic rings. The third-order valence-electron chi connectivity index (χ3n) is 3.74. The topological polar surface area (TPSA) is 108 Å². The molecule has 3 aromatic rings. The van der Waals surface area contributed by atoms with Gasteiger partial charge in [-0.1, -0.05) is 23.2 Å². The molecule has 0 spiro atoms. The van der Waals surface area contributed by atoms with E-state index in [4.69, 9.17) is 37.8 Å². The summed E-state index contributed by atoms with van der Waals surface area (Å²) in [5.74, 6) is -0.0356. The molecule has 0 unspecified atom stereocenters. The first-order chi connectivity index (χ1) is 13.4. The van der Waals surface area contributed by atoms with Crippen LogP contribution in [0.4, 0.5) is 0 Å². The van der Waals surface area contributed by atoms with Gasteiger partial charge >= 0.3 is 5.97 Å². The number of carbonyl (C=O) groups is 1. The summed E-state index contributed by atoms with van der Waals surface area (Å²) in [7, 11) is 1.57. The molecule has 0 saturated heterocycles. The molecule has 0 aliphatic heterocycles. The molecule has 7 nitrogen and oxygen atoms in total. The SMILES string of the molecule is COc1ccc2nc(/C(C#N)=C\c3cc(Cl)c(OCC(=O)O)c(Cl)c3)[nH]c2c1. The van der Waals surface area contributed by atoms with Gasteiger partial charge in [0.25, 0.3) is 0 Å². The number of rotatable bonds is 6. The molecular weight excluding hydrogens is 405 g/mol. The number of hydrogen-bond acceptors (Lipinski definition) is 5. The fraction of sp³-hybridized carbons (Fsp3) is 0.105. The van der Waals surface area contributed by atoms with Gasteiger partial charge in [-0.3, -0.25) is 0 Å². The van der Waals surface area contributed by atoms with Crippen LogP contribution in [0.1, 0.15) is 11.4 Å². The van der Waals surface area contributed by atoms with Gasteiger partial charge in [0, 0.05) is 6.07 Å². The Labute approximate surface area is 169 Å². The Morgan fingerprint density at radius 1 is 1.32 bits per heavy atom. The third kappa shape index (κ3) is 4.19. The highest BCUT2D eigenvalue weighted by Gasteiger charge is 2.13. The molecule has 0 saturated carbocycles. The van der Waals surface area contributed by atoms with Gasteiger partial charge in [0.05, 0.1) is 33.8 Å². The number of nitrogens with zero attached hydrogens (tertiary/aromatic N) is 2. The summed E-state index contributed by atoms with van der Waals surface area (Å²) in [6.07, 6.45) is 1.56. The molecule has 0 amide bonds. The second kappa shape index (κ2) is 8.21. The van der Waals surface area contributed by atoms with Crippen molar-refractivity contribution in [1.82, 2.24) is 9.97 Å². The third-order valence-corrected chi connectivity index (χ3v) is 4.30. The highest BCUT2D eigenvalue weighted by Crippen LogP contribution is 2.35. The van der Waals surface area contributed by atoms with Crippen LogP contribution in [0.3, 0.4) is 0 Å². The maximum absolute atomic E-state index is 10.6. The number of carboxylic acids is 1. The average Bonchev–Trinajstić information content (AvgIpc) is 3.08. The standard InChI is InChI=1S/C19H13Cl2N3O4/c1-27-12-2-3-15-16(7-12)24-19(23-15)11(8-22)4-10-5-13(20)18(14(21)6-10)28-9-17(25)26/h2-7H,9H2,1H3,(H,23,24)(H,25,26)/b11-4-. The van der Waals surface area contributed by atoms with Gasteiger partial charge in [-0.2, -0.15) is 5.26 Å². The molecule has 2 N–H and O–H groups in total. The van der Waals surface area contributed by atoms with Crippen molar-refractivity contribution in [2.75, 3.05) is 13.7 Å². The van der Waals surface area contributed by atoms with E-state index in [1.807, 2.05) is 0 Å². The van der Waals surface area contributed by atoms with E-state index >= 15 is 0 Å². The van der Waals surface area contributed by atoms with Gasteiger partial charge in [-0.25, -0.2) is 9.78 Å². The van der Waals surface area contributed by atoms with Crippen molar-refractivity contribution in [3.05, 3.63) is 51.8 Å². The first kappa shape index (κ1) is 19.5. The molecular formula is C19H13Cl2N3O4. The first-order valence-corrected chi connectivity index (χ1v) is 8.66. The molecule has 0 fully saturated rings. The summed E-state index contributed by atoms with van der Waals surface area (Å²) in [6.45, 7) is -0.569. The summed E-state index contributed by atoms with van der Waals surface area (Å²) >= 11 is 12.3. The maximum Gasteiger partial charge on any atom is 0.341 e. The van der Waals surface area contributed by atoms with Gasteiger partial charge in [0.1, 0.15) is 17.6 Å². The van der Waals surface area contributed by atoms with Gasteiger partial charge in [0.15, 0.2) is 12.4 Å². The minimum absolute atomic E-state index is 0.0669. The number of H-pyrrole nitrogens is 1. The molecule has 2 aromatic carbocycles. The number of hydrogen-bond donors (Lipinski definition) is 2. The number of carboxylic acid groups (broad SMARTS) is 1. The minimum Gasteiger partial charge on any atom is -0.497 e. The number of aliphatic carboxylic acids is 1. The fourth-order valence-electron chi connectivity index (χ4n) is 2.50. The molecule has 1 heterocycles. The average molecular weight is 418 g/mol. The highest BCUT2D eigenvalue weighted by molar-refractivity contribution is 6.37.